The lowest BCUT2D eigenvalue weighted by molar-refractivity contribution is 0.623. The van der Waals surface area contributed by atoms with Gasteiger partial charge in [-0.2, -0.15) is 0 Å². The van der Waals surface area contributed by atoms with Gasteiger partial charge < -0.3 is 0 Å². The Morgan fingerprint density at radius 2 is 1.71 bits per heavy atom. The van der Waals surface area contributed by atoms with Crippen LogP contribution in [0.4, 0.5) is 4.39 Å². The van der Waals surface area contributed by atoms with Gasteiger partial charge in [-0.15, -0.1) is 0 Å². The van der Waals surface area contributed by atoms with E-state index in [9.17, 15) is 4.39 Å². The van der Waals surface area contributed by atoms with Crippen LogP contribution in [-0.4, -0.2) is 0 Å². The standard InChI is InChI=1S/C20H27F/c1-7-14(3)9-10-18-13-19(21)11-17(6)20(18)12-16(5)15(4)8-2/h7-8,11-13H,9-10H2,1-6H3/b14-7+,15-8+,16-12+. The largest absolute Gasteiger partial charge is 0.207 e. The molecular formula is C20H27F. The van der Waals surface area contributed by atoms with Gasteiger partial charge in [0.05, 0.1) is 0 Å². The minimum Gasteiger partial charge on any atom is -0.207 e. The molecule has 0 radical (unpaired) electrons. The van der Waals surface area contributed by atoms with Crippen LogP contribution in [0.15, 0.2) is 41.0 Å². The van der Waals surface area contributed by atoms with Crippen molar-refractivity contribution in [2.45, 2.75) is 54.4 Å². The maximum absolute atomic E-state index is 13.7. The van der Waals surface area contributed by atoms with Gasteiger partial charge in [-0.1, -0.05) is 29.4 Å². The molecule has 0 bridgehead atoms. The molecule has 0 spiro atoms. The van der Waals surface area contributed by atoms with Crippen molar-refractivity contribution in [3.63, 3.8) is 0 Å². The van der Waals surface area contributed by atoms with Crippen molar-refractivity contribution >= 4 is 6.08 Å². The highest BCUT2D eigenvalue weighted by Crippen LogP contribution is 2.24. The van der Waals surface area contributed by atoms with Crippen LogP contribution in [0.5, 0.6) is 0 Å². The molecule has 1 rings (SSSR count). The maximum atomic E-state index is 13.7. The molecule has 0 amide bonds. The molecule has 21 heavy (non-hydrogen) atoms. The van der Waals surface area contributed by atoms with E-state index >= 15 is 0 Å². The van der Waals surface area contributed by atoms with E-state index in [1.165, 1.54) is 22.3 Å². The molecule has 0 fully saturated rings. The van der Waals surface area contributed by atoms with Crippen LogP contribution in [0.25, 0.3) is 6.08 Å². The van der Waals surface area contributed by atoms with Crippen molar-refractivity contribution in [3.05, 3.63) is 63.5 Å². The molecule has 0 N–H and O–H groups in total. The van der Waals surface area contributed by atoms with Crippen molar-refractivity contribution in [2.24, 2.45) is 0 Å². The summed E-state index contributed by atoms with van der Waals surface area (Å²) in [7, 11) is 0. The summed E-state index contributed by atoms with van der Waals surface area (Å²) in [5.74, 6) is -0.141. The first kappa shape index (κ1) is 17.4. The molecule has 0 saturated heterocycles. The molecule has 0 saturated carbocycles. The first-order chi connectivity index (χ1) is 9.88. The zero-order chi connectivity index (χ0) is 16.0. The minimum atomic E-state index is -0.141. The third-order valence-electron chi connectivity index (χ3n) is 4.13. The Morgan fingerprint density at radius 3 is 2.29 bits per heavy atom. The minimum absolute atomic E-state index is 0.141. The molecule has 0 atom stereocenters. The van der Waals surface area contributed by atoms with Gasteiger partial charge in [0.2, 0.25) is 0 Å². The van der Waals surface area contributed by atoms with Gasteiger partial charge in [-0.25, -0.2) is 4.39 Å². The van der Waals surface area contributed by atoms with Crippen molar-refractivity contribution in [1.29, 1.82) is 0 Å². The maximum Gasteiger partial charge on any atom is 0.123 e. The Bertz CT molecular complexity index is 586. The summed E-state index contributed by atoms with van der Waals surface area (Å²) >= 11 is 0. The van der Waals surface area contributed by atoms with E-state index < -0.39 is 0 Å². The average Bonchev–Trinajstić information content (AvgIpc) is 2.46. The number of hydrogen-bond donors (Lipinski definition) is 0. The summed E-state index contributed by atoms with van der Waals surface area (Å²) in [6, 6.07) is 3.30. The second kappa shape index (κ2) is 7.97. The molecule has 1 heteroatoms. The van der Waals surface area contributed by atoms with E-state index in [1.807, 2.05) is 20.8 Å². The summed E-state index contributed by atoms with van der Waals surface area (Å²) in [5.41, 5.74) is 7.10. The highest BCUT2D eigenvalue weighted by atomic mass is 19.1. The van der Waals surface area contributed by atoms with Crippen LogP contribution in [0, 0.1) is 12.7 Å². The zero-order valence-electron chi connectivity index (χ0n) is 14.2. The highest BCUT2D eigenvalue weighted by molar-refractivity contribution is 5.63. The Morgan fingerprint density at radius 1 is 1.05 bits per heavy atom. The van der Waals surface area contributed by atoms with Gasteiger partial charge in [-0.05, 0) is 88.8 Å². The van der Waals surface area contributed by atoms with Crippen molar-refractivity contribution in [2.75, 3.05) is 0 Å². The van der Waals surface area contributed by atoms with E-state index in [0.29, 0.717) is 0 Å². The first-order valence-electron chi connectivity index (χ1n) is 7.61. The topological polar surface area (TPSA) is 0 Å². The fourth-order valence-corrected chi connectivity index (χ4v) is 2.27. The summed E-state index contributed by atoms with van der Waals surface area (Å²) in [4.78, 5) is 0. The lowest BCUT2D eigenvalue weighted by Gasteiger charge is -2.12. The van der Waals surface area contributed by atoms with Gasteiger partial charge in [0, 0.05) is 0 Å². The molecular weight excluding hydrogens is 259 g/mol. The number of benzene rings is 1. The Kier molecular flexibility index (Phi) is 6.61. The van der Waals surface area contributed by atoms with Gasteiger partial charge in [0.1, 0.15) is 5.82 Å². The second-order valence-corrected chi connectivity index (χ2v) is 5.73. The van der Waals surface area contributed by atoms with Gasteiger partial charge in [0.15, 0.2) is 0 Å². The number of hydrogen-bond acceptors (Lipinski definition) is 0. The second-order valence-electron chi connectivity index (χ2n) is 5.73. The molecule has 1 aromatic rings. The lowest BCUT2D eigenvalue weighted by Crippen LogP contribution is -1.97. The Hall–Kier alpha value is -1.63. The third-order valence-corrected chi connectivity index (χ3v) is 4.13. The quantitative estimate of drug-likeness (QED) is 0.434. The van der Waals surface area contributed by atoms with Crippen LogP contribution in [-0.2, 0) is 6.42 Å². The van der Waals surface area contributed by atoms with Crippen molar-refractivity contribution in [3.8, 4) is 0 Å². The van der Waals surface area contributed by atoms with E-state index in [2.05, 4.69) is 39.0 Å². The summed E-state index contributed by atoms with van der Waals surface area (Å²) in [6.45, 7) is 12.4. The molecule has 1 aromatic carbocycles. The SMILES string of the molecule is C/C=C(\C)CCc1cc(F)cc(C)c1/C=C(C)/C(C)=C/C. The van der Waals surface area contributed by atoms with E-state index in [4.69, 9.17) is 0 Å². The smallest absolute Gasteiger partial charge is 0.123 e. The van der Waals surface area contributed by atoms with Crippen LogP contribution >= 0.6 is 0 Å². The molecule has 0 nitrogen and oxygen atoms in total. The molecule has 0 aliphatic heterocycles. The summed E-state index contributed by atoms with van der Waals surface area (Å²) in [5, 5.41) is 0. The van der Waals surface area contributed by atoms with E-state index in [-0.39, 0.29) is 5.82 Å². The summed E-state index contributed by atoms with van der Waals surface area (Å²) < 4.78 is 13.7. The highest BCUT2D eigenvalue weighted by Gasteiger charge is 2.08. The zero-order valence-corrected chi connectivity index (χ0v) is 14.2. The fraction of sp³-hybridized carbons (Fsp3) is 0.400. The van der Waals surface area contributed by atoms with Gasteiger partial charge in [0.25, 0.3) is 0 Å². The molecule has 0 aliphatic carbocycles. The van der Waals surface area contributed by atoms with E-state index in [1.54, 1.807) is 12.1 Å². The Balaban J connectivity index is 3.23. The van der Waals surface area contributed by atoms with Crippen LogP contribution < -0.4 is 0 Å². The van der Waals surface area contributed by atoms with Gasteiger partial charge in [-0.3, -0.25) is 0 Å². The predicted molar refractivity (Wildman–Crippen MR) is 92.0 cm³/mol. The predicted octanol–water partition coefficient (Wildman–Crippen LogP) is 6.40. The van der Waals surface area contributed by atoms with Crippen LogP contribution in [0.1, 0.15) is 57.7 Å². The molecule has 0 aliphatic rings. The molecule has 0 unspecified atom stereocenters. The lowest BCUT2D eigenvalue weighted by atomic mass is 9.94. The number of rotatable bonds is 5. The van der Waals surface area contributed by atoms with E-state index in [0.717, 1.165) is 24.0 Å². The monoisotopic (exact) mass is 286 g/mol. The molecule has 114 valence electrons. The number of allylic oxidation sites excluding steroid dienone is 5. The number of aryl methyl sites for hydroxylation is 2. The van der Waals surface area contributed by atoms with Crippen LogP contribution in [0.3, 0.4) is 0 Å². The van der Waals surface area contributed by atoms with Crippen molar-refractivity contribution < 1.29 is 4.39 Å². The number of halogens is 1. The van der Waals surface area contributed by atoms with Crippen LogP contribution in [0.2, 0.25) is 0 Å². The summed E-state index contributed by atoms with van der Waals surface area (Å²) in [6.07, 6.45) is 8.26. The molecule has 0 heterocycles. The molecule has 0 aromatic heterocycles. The van der Waals surface area contributed by atoms with Gasteiger partial charge >= 0.3 is 0 Å². The Labute approximate surface area is 129 Å². The fourth-order valence-electron chi connectivity index (χ4n) is 2.27. The third kappa shape index (κ3) is 5.00. The first-order valence-corrected chi connectivity index (χ1v) is 7.61. The van der Waals surface area contributed by atoms with Crippen molar-refractivity contribution in [1.82, 2.24) is 0 Å². The normalized spacial score (nSPS) is 13.8. The average molecular weight is 286 g/mol.